The van der Waals surface area contributed by atoms with Crippen molar-refractivity contribution < 1.29 is 19.8 Å². The number of aryl methyl sites for hydroxylation is 1. The van der Waals surface area contributed by atoms with Gasteiger partial charge < -0.3 is 15.5 Å². The van der Waals surface area contributed by atoms with Gasteiger partial charge in [0.25, 0.3) is 0 Å². The number of rotatable bonds is 4. The molecule has 0 fully saturated rings. The van der Waals surface area contributed by atoms with Gasteiger partial charge >= 0.3 is 12.0 Å². The smallest absolute Gasteiger partial charge is 0.328 e. The van der Waals surface area contributed by atoms with Crippen LogP contribution in [0.2, 0.25) is 0 Å². The average Bonchev–Trinajstić information content (AvgIpc) is 2.60. The molecule has 0 aliphatic rings. The Balaban J connectivity index is 2.50. The number of nitrogens with one attached hydrogen (secondary N) is 2. The highest BCUT2D eigenvalue weighted by Gasteiger charge is 2.19. The molecule has 0 bridgehead atoms. The fraction of sp³-hybridized carbons (Fsp3) is 0.429. The summed E-state index contributed by atoms with van der Waals surface area (Å²) in [5, 5.41) is 21.9. The predicted molar refractivity (Wildman–Crippen MR) is 55.3 cm³/mol. The molecule has 4 N–H and O–H groups in total. The van der Waals surface area contributed by atoms with E-state index in [1.807, 2.05) is 0 Å². The molecule has 0 aliphatic carbocycles. The molecular weight excluding hydrogens is 236 g/mol. The molecule has 1 atom stereocenters. The van der Waals surface area contributed by atoms with Crippen LogP contribution in [0.25, 0.3) is 0 Å². The first-order valence-corrected chi connectivity index (χ1v) is 5.01. The van der Waals surface area contributed by atoms with Gasteiger partial charge in [0.15, 0.2) is 6.04 Å². The molecule has 16 heavy (non-hydrogen) atoms. The number of carbonyl (C=O) groups excluding carboxylic acids is 1. The van der Waals surface area contributed by atoms with Crippen molar-refractivity contribution in [3.05, 3.63) is 5.82 Å². The van der Waals surface area contributed by atoms with Crippen LogP contribution in [0.3, 0.4) is 0 Å². The number of aliphatic hydroxyl groups is 1. The number of amides is 2. The second-order valence-corrected chi connectivity index (χ2v) is 3.57. The Morgan fingerprint density at radius 2 is 2.25 bits per heavy atom. The Morgan fingerprint density at radius 1 is 1.56 bits per heavy atom. The van der Waals surface area contributed by atoms with Crippen molar-refractivity contribution >= 4 is 28.7 Å². The van der Waals surface area contributed by atoms with Crippen LogP contribution in [0.1, 0.15) is 5.82 Å². The van der Waals surface area contributed by atoms with Gasteiger partial charge in [-0.05, 0) is 6.92 Å². The quantitative estimate of drug-likeness (QED) is 0.563. The van der Waals surface area contributed by atoms with Crippen LogP contribution in [-0.4, -0.2) is 44.2 Å². The molecule has 9 heteroatoms. The molecule has 0 saturated carbocycles. The molecule has 0 aromatic carbocycles. The standard InChI is InChI=1S/C7H10N4O4S/c1-3-8-7(16-11-3)10-6(15)9-4(2-12)5(13)14/h4,12H,2H2,1H3,(H,13,14)(H2,8,9,10,11,15)/t4-/m1/s1. The molecule has 1 aromatic heterocycles. The predicted octanol–water partition coefficient (Wildman–Crippen LogP) is -0.586. The normalized spacial score (nSPS) is 11.9. The third-order valence-corrected chi connectivity index (χ3v) is 2.26. The van der Waals surface area contributed by atoms with Crippen LogP contribution in [0.5, 0.6) is 0 Å². The van der Waals surface area contributed by atoms with Gasteiger partial charge in [-0.2, -0.15) is 4.37 Å². The van der Waals surface area contributed by atoms with E-state index in [1.165, 1.54) is 0 Å². The third-order valence-electron chi connectivity index (χ3n) is 1.53. The Kier molecular flexibility index (Phi) is 4.14. The molecule has 2 amide bonds. The first-order chi connectivity index (χ1) is 7.52. The van der Waals surface area contributed by atoms with E-state index in [-0.39, 0.29) is 5.13 Å². The Morgan fingerprint density at radius 3 is 2.69 bits per heavy atom. The van der Waals surface area contributed by atoms with Crippen molar-refractivity contribution in [2.24, 2.45) is 0 Å². The third kappa shape index (κ3) is 3.44. The topological polar surface area (TPSA) is 124 Å². The number of hydrogen-bond acceptors (Lipinski definition) is 6. The van der Waals surface area contributed by atoms with Crippen molar-refractivity contribution in [1.29, 1.82) is 0 Å². The lowest BCUT2D eigenvalue weighted by Gasteiger charge is -2.10. The summed E-state index contributed by atoms with van der Waals surface area (Å²) in [6.07, 6.45) is 0. The summed E-state index contributed by atoms with van der Waals surface area (Å²) in [7, 11) is 0. The Labute approximate surface area is 94.5 Å². The summed E-state index contributed by atoms with van der Waals surface area (Å²) in [6, 6.07) is -2.09. The molecule has 1 heterocycles. The van der Waals surface area contributed by atoms with Gasteiger partial charge in [0, 0.05) is 11.5 Å². The lowest BCUT2D eigenvalue weighted by Crippen LogP contribution is -2.45. The van der Waals surface area contributed by atoms with Crippen molar-refractivity contribution in [1.82, 2.24) is 14.7 Å². The molecule has 1 rings (SSSR count). The number of nitrogens with zero attached hydrogens (tertiary/aromatic N) is 2. The number of aromatic nitrogens is 2. The number of aliphatic hydroxyl groups excluding tert-OH is 1. The number of anilines is 1. The summed E-state index contributed by atoms with van der Waals surface area (Å²) < 4.78 is 3.83. The number of carbonyl (C=O) groups is 2. The van der Waals surface area contributed by atoms with E-state index < -0.39 is 24.6 Å². The molecule has 0 radical (unpaired) electrons. The van der Waals surface area contributed by atoms with E-state index in [4.69, 9.17) is 10.2 Å². The molecular formula is C7H10N4O4S. The molecule has 1 aromatic rings. The minimum Gasteiger partial charge on any atom is -0.480 e. The minimum absolute atomic E-state index is 0.261. The first-order valence-electron chi connectivity index (χ1n) is 4.24. The molecule has 88 valence electrons. The van der Waals surface area contributed by atoms with Gasteiger partial charge in [-0.1, -0.05) is 0 Å². The van der Waals surface area contributed by atoms with Crippen molar-refractivity contribution in [2.75, 3.05) is 11.9 Å². The molecule has 0 saturated heterocycles. The summed E-state index contributed by atoms with van der Waals surface area (Å²) in [5.74, 6) is -0.802. The monoisotopic (exact) mass is 246 g/mol. The Hall–Kier alpha value is -1.74. The van der Waals surface area contributed by atoms with Crippen molar-refractivity contribution in [3.8, 4) is 0 Å². The van der Waals surface area contributed by atoms with Gasteiger partial charge in [-0.15, -0.1) is 0 Å². The maximum atomic E-state index is 11.2. The number of carboxylic acid groups (broad SMARTS) is 1. The van der Waals surface area contributed by atoms with Crippen LogP contribution in [0.15, 0.2) is 0 Å². The van der Waals surface area contributed by atoms with Crippen LogP contribution in [0, 0.1) is 6.92 Å². The highest BCUT2D eigenvalue weighted by Crippen LogP contribution is 2.09. The van der Waals surface area contributed by atoms with Crippen molar-refractivity contribution in [2.45, 2.75) is 13.0 Å². The highest BCUT2D eigenvalue weighted by atomic mass is 32.1. The van der Waals surface area contributed by atoms with Gasteiger partial charge in [-0.25, -0.2) is 14.6 Å². The second kappa shape index (κ2) is 5.37. The number of hydrogen-bond donors (Lipinski definition) is 4. The second-order valence-electron chi connectivity index (χ2n) is 2.82. The van der Waals surface area contributed by atoms with Gasteiger partial charge in [0.05, 0.1) is 6.61 Å². The van der Waals surface area contributed by atoms with E-state index in [0.717, 1.165) is 11.5 Å². The van der Waals surface area contributed by atoms with E-state index in [0.29, 0.717) is 5.82 Å². The average molecular weight is 246 g/mol. The van der Waals surface area contributed by atoms with E-state index in [2.05, 4.69) is 20.0 Å². The van der Waals surface area contributed by atoms with Gasteiger partial charge in [-0.3, -0.25) is 5.32 Å². The fourth-order valence-electron chi connectivity index (χ4n) is 0.825. The SMILES string of the molecule is Cc1nsc(NC(=O)N[C@H](CO)C(=O)O)n1. The highest BCUT2D eigenvalue weighted by molar-refractivity contribution is 7.09. The van der Waals surface area contributed by atoms with Crippen molar-refractivity contribution in [3.63, 3.8) is 0 Å². The molecule has 0 aliphatic heterocycles. The zero-order chi connectivity index (χ0) is 12.1. The van der Waals surface area contributed by atoms with Gasteiger partial charge in [0.1, 0.15) is 5.82 Å². The van der Waals surface area contributed by atoms with Crippen LogP contribution < -0.4 is 10.6 Å². The van der Waals surface area contributed by atoms with Crippen LogP contribution in [0.4, 0.5) is 9.93 Å². The molecule has 8 nitrogen and oxygen atoms in total. The summed E-state index contributed by atoms with van der Waals surface area (Å²) in [6.45, 7) is 0.977. The first kappa shape index (κ1) is 12.3. The van der Waals surface area contributed by atoms with E-state index in [9.17, 15) is 9.59 Å². The van der Waals surface area contributed by atoms with Gasteiger partial charge in [0.2, 0.25) is 5.13 Å². The maximum absolute atomic E-state index is 11.2. The summed E-state index contributed by atoms with van der Waals surface area (Å²) in [4.78, 5) is 25.6. The van der Waals surface area contributed by atoms with E-state index in [1.54, 1.807) is 6.92 Å². The lowest BCUT2D eigenvalue weighted by molar-refractivity contribution is -0.140. The molecule has 0 unspecified atom stereocenters. The summed E-state index contributed by atoms with van der Waals surface area (Å²) >= 11 is 0.978. The number of urea groups is 1. The largest absolute Gasteiger partial charge is 0.480 e. The van der Waals surface area contributed by atoms with Crippen LogP contribution in [-0.2, 0) is 4.79 Å². The zero-order valence-electron chi connectivity index (χ0n) is 8.30. The van der Waals surface area contributed by atoms with Crippen LogP contribution >= 0.6 is 11.5 Å². The Bertz CT molecular complexity index is 393. The summed E-state index contributed by atoms with van der Waals surface area (Å²) in [5.41, 5.74) is 0. The zero-order valence-corrected chi connectivity index (χ0v) is 9.11. The minimum atomic E-state index is -1.34. The number of carboxylic acids is 1. The lowest BCUT2D eigenvalue weighted by atomic mass is 10.3. The van der Waals surface area contributed by atoms with E-state index >= 15 is 0 Å². The number of aliphatic carboxylic acids is 1. The maximum Gasteiger partial charge on any atom is 0.328 e. The molecule has 0 spiro atoms. The fourth-order valence-corrected chi connectivity index (χ4v) is 1.40.